The second kappa shape index (κ2) is 5.38. The summed E-state index contributed by atoms with van der Waals surface area (Å²) in [7, 11) is 0. The maximum Gasteiger partial charge on any atom is 0.193 e. The third kappa shape index (κ3) is 3.11. The summed E-state index contributed by atoms with van der Waals surface area (Å²) in [6, 6.07) is 6.13. The molecule has 1 N–H and O–H groups in total. The first kappa shape index (κ1) is 12.2. The maximum absolute atomic E-state index is 5.71. The largest absolute Gasteiger partial charge is 0.448 e. The van der Waals surface area contributed by atoms with Gasteiger partial charge in [-0.05, 0) is 43.6 Å². The number of hydrogen-bond acceptors (Lipinski definition) is 3. The van der Waals surface area contributed by atoms with Gasteiger partial charge in [-0.15, -0.1) is 0 Å². The monoisotopic (exact) mass is 253 g/mol. The quantitative estimate of drug-likeness (QED) is 0.891. The van der Waals surface area contributed by atoms with Gasteiger partial charge in [0.05, 0.1) is 12.6 Å². The van der Waals surface area contributed by atoms with Crippen LogP contribution in [0.2, 0.25) is 5.22 Å². The van der Waals surface area contributed by atoms with E-state index in [1.54, 1.807) is 12.3 Å². The van der Waals surface area contributed by atoms with Crippen LogP contribution in [0.25, 0.3) is 0 Å². The number of nitrogens with one attached hydrogen (secondary N) is 1. The smallest absolute Gasteiger partial charge is 0.193 e. The third-order valence-corrected chi connectivity index (χ3v) is 3.10. The molecular weight excluding hydrogens is 238 g/mol. The summed E-state index contributed by atoms with van der Waals surface area (Å²) < 4.78 is 7.22. The molecule has 0 aliphatic carbocycles. The van der Waals surface area contributed by atoms with Crippen molar-refractivity contribution < 1.29 is 4.42 Å². The van der Waals surface area contributed by atoms with E-state index < -0.39 is 0 Å². The molecule has 0 spiro atoms. The number of halogens is 1. The average molecular weight is 254 g/mol. The Balaban J connectivity index is 1.87. The minimum atomic E-state index is 0.287. The molecule has 2 rings (SSSR count). The zero-order valence-electron chi connectivity index (χ0n) is 9.93. The molecule has 0 aliphatic rings. The van der Waals surface area contributed by atoms with E-state index in [0.717, 1.165) is 5.76 Å². The number of furan rings is 1. The highest BCUT2D eigenvalue weighted by Gasteiger charge is 2.14. The molecule has 2 aromatic rings. The first-order chi connectivity index (χ1) is 8.16. The molecule has 0 fully saturated rings. The molecule has 0 aliphatic heterocycles. The van der Waals surface area contributed by atoms with Crippen LogP contribution in [0.4, 0.5) is 0 Å². The van der Waals surface area contributed by atoms with Crippen molar-refractivity contribution in [3.05, 3.63) is 41.6 Å². The van der Waals surface area contributed by atoms with Gasteiger partial charge < -0.3 is 9.73 Å². The van der Waals surface area contributed by atoms with Crippen molar-refractivity contribution in [1.29, 1.82) is 0 Å². The van der Waals surface area contributed by atoms with Gasteiger partial charge in [-0.1, -0.05) is 0 Å². The van der Waals surface area contributed by atoms with E-state index in [1.165, 1.54) is 0 Å². The van der Waals surface area contributed by atoms with E-state index in [-0.39, 0.29) is 6.04 Å². The highest BCUT2D eigenvalue weighted by Crippen LogP contribution is 2.14. The molecule has 2 heterocycles. The Labute approximate surface area is 106 Å². The van der Waals surface area contributed by atoms with Crippen molar-refractivity contribution in [3.63, 3.8) is 0 Å². The zero-order chi connectivity index (χ0) is 12.3. The van der Waals surface area contributed by atoms with Crippen LogP contribution in [0, 0.1) is 0 Å². The van der Waals surface area contributed by atoms with Crippen molar-refractivity contribution in [1.82, 2.24) is 15.1 Å². The molecule has 2 atom stereocenters. The molecule has 0 bridgehead atoms. The fraction of sp³-hybridized carbons (Fsp3) is 0.417. The fourth-order valence-electron chi connectivity index (χ4n) is 1.63. The lowest BCUT2D eigenvalue weighted by Crippen LogP contribution is -2.33. The Morgan fingerprint density at radius 1 is 1.47 bits per heavy atom. The van der Waals surface area contributed by atoms with Crippen LogP contribution in [0.1, 0.15) is 25.6 Å². The normalized spacial score (nSPS) is 14.8. The van der Waals surface area contributed by atoms with Gasteiger partial charge in [0.25, 0.3) is 0 Å². The molecule has 92 valence electrons. The first-order valence-corrected chi connectivity index (χ1v) is 6.01. The first-order valence-electron chi connectivity index (χ1n) is 5.63. The van der Waals surface area contributed by atoms with Crippen LogP contribution in [0.5, 0.6) is 0 Å². The van der Waals surface area contributed by atoms with E-state index in [4.69, 9.17) is 16.0 Å². The molecule has 0 radical (unpaired) electrons. The van der Waals surface area contributed by atoms with Gasteiger partial charge in [0, 0.05) is 18.4 Å². The third-order valence-electron chi connectivity index (χ3n) is 2.89. The zero-order valence-corrected chi connectivity index (χ0v) is 10.7. The van der Waals surface area contributed by atoms with Crippen LogP contribution in [0.15, 0.2) is 35.0 Å². The van der Waals surface area contributed by atoms with E-state index in [0.29, 0.717) is 17.8 Å². The lowest BCUT2D eigenvalue weighted by atomic mass is 10.2. The lowest BCUT2D eigenvalue weighted by Gasteiger charge is -2.21. The van der Waals surface area contributed by atoms with Gasteiger partial charge in [0.2, 0.25) is 0 Å². The summed E-state index contributed by atoms with van der Waals surface area (Å²) >= 11 is 5.71. The van der Waals surface area contributed by atoms with Crippen LogP contribution >= 0.6 is 11.6 Å². The topological polar surface area (TPSA) is 43.0 Å². The molecule has 2 aromatic heterocycles. The Morgan fingerprint density at radius 3 is 2.88 bits per heavy atom. The summed E-state index contributed by atoms with van der Waals surface area (Å²) in [4.78, 5) is 0. The lowest BCUT2D eigenvalue weighted by molar-refractivity contribution is 0.351. The summed E-state index contributed by atoms with van der Waals surface area (Å²) in [6.07, 6.45) is 3.75. The second-order valence-electron chi connectivity index (χ2n) is 4.10. The Bertz CT molecular complexity index is 452. The van der Waals surface area contributed by atoms with E-state index in [1.807, 2.05) is 23.0 Å². The van der Waals surface area contributed by atoms with Crippen molar-refractivity contribution in [2.24, 2.45) is 0 Å². The molecule has 0 saturated carbocycles. The summed E-state index contributed by atoms with van der Waals surface area (Å²) in [5.74, 6) is 0.842. The molecule has 0 saturated heterocycles. The van der Waals surface area contributed by atoms with Gasteiger partial charge in [0.15, 0.2) is 5.22 Å². The van der Waals surface area contributed by atoms with Gasteiger partial charge in [-0.2, -0.15) is 5.10 Å². The van der Waals surface area contributed by atoms with Gasteiger partial charge in [-0.25, -0.2) is 0 Å². The molecule has 17 heavy (non-hydrogen) atoms. The molecule has 0 aromatic carbocycles. The van der Waals surface area contributed by atoms with Crippen LogP contribution < -0.4 is 5.32 Å². The predicted octanol–water partition coefficient (Wildman–Crippen LogP) is 2.87. The SMILES string of the molecule is C[C@@H](NCc1ccc(Cl)o1)[C@H](C)n1cccn1. The van der Waals surface area contributed by atoms with Crippen molar-refractivity contribution >= 4 is 11.6 Å². The van der Waals surface area contributed by atoms with Crippen molar-refractivity contribution in [2.75, 3.05) is 0 Å². The Kier molecular flexibility index (Phi) is 3.86. The number of aromatic nitrogens is 2. The summed E-state index contributed by atoms with van der Waals surface area (Å²) in [5, 5.41) is 8.04. The van der Waals surface area contributed by atoms with Gasteiger partial charge in [-0.3, -0.25) is 4.68 Å². The van der Waals surface area contributed by atoms with Crippen molar-refractivity contribution in [3.8, 4) is 0 Å². The van der Waals surface area contributed by atoms with E-state index in [2.05, 4.69) is 24.3 Å². The Morgan fingerprint density at radius 2 is 2.29 bits per heavy atom. The minimum absolute atomic E-state index is 0.287. The fourth-order valence-corrected chi connectivity index (χ4v) is 1.79. The van der Waals surface area contributed by atoms with Crippen LogP contribution in [0.3, 0.4) is 0 Å². The van der Waals surface area contributed by atoms with E-state index in [9.17, 15) is 0 Å². The second-order valence-corrected chi connectivity index (χ2v) is 4.47. The maximum atomic E-state index is 5.71. The predicted molar refractivity (Wildman–Crippen MR) is 67.0 cm³/mol. The molecular formula is C12H16ClN3O. The summed E-state index contributed by atoms with van der Waals surface area (Å²) in [5.41, 5.74) is 0. The molecule has 0 unspecified atom stereocenters. The number of nitrogens with zero attached hydrogens (tertiary/aromatic N) is 2. The van der Waals surface area contributed by atoms with Crippen molar-refractivity contribution in [2.45, 2.75) is 32.5 Å². The minimum Gasteiger partial charge on any atom is -0.448 e. The average Bonchev–Trinajstić information content (AvgIpc) is 2.95. The van der Waals surface area contributed by atoms with Crippen LogP contribution in [-0.2, 0) is 6.54 Å². The molecule has 4 nitrogen and oxygen atoms in total. The number of hydrogen-bond donors (Lipinski definition) is 1. The van der Waals surface area contributed by atoms with Gasteiger partial charge >= 0.3 is 0 Å². The van der Waals surface area contributed by atoms with Crippen LogP contribution in [-0.4, -0.2) is 15.8 Å². The number of rotatable bonds is 5. The molecule has 0 amide bonds. The molecule has 5 heteroatoms. The standard InChI is InChI=1S/C12H16ClN3O/c1-9(10(2)16-7-3-6-15-16)14-8-11-4-5-12(13)17-11/h3-7,9-10,14H,8H2,1-2H3/t9-,10+/m1/s1. The highest BCUT2D eigenvalue weighted by molar-refractivity contribution is 6.28. The van der Waals surface area contributed by atoms with E-state index >= 15 is 0 Å². The highest BCUT2D eigenvalue weighted by atomic mass is 35.5. The summed E-state index contributed by atoms with van der Waals surface area (Å²) in [6.45, 7) is 4.91. The van der Waals surface area contributed by atoms with Gasteiger partial charge in [0.1, 0.15) is 5.76 Å². The Hall–Kier alpha value is -1.26.